The van der Waals surface area contributed by atoms with Gasteiger partial charge in [-0.05, 0) is 27.7 Å². The highest BCUT2D eigenvalue weighted by Gasteiger charge is 2.15. The Morgan fingerprint density at radius 2 is 1.81 bits per heavy atom. The number of aryl methyl sites for hydroxylation is 3. The molecule has 84 valence electrons. The molecule has 0 unspecified atom stereocenters. The van der Waals surface area contributed by atoms with Crippen molar-refractivity contribution in [3.63, 3.8) is 0 Å². The highest BCUT2D eigenvalue weighted by Crippen LogP contribution is 2.22. The molecule has 0 atom stereocenters. The van der Waals surface area contributed by atoms with Crippen LogP contribution in [0.2, 0.25) is 0 Å². The van der Waals surface area contributed by atoms with Crippen molar-refractivity contribution in [2.45, 2.75) is 27.7 Å². The fourth-order valence-corrected chi connectivity index (χ4v) is 1.58. The lowest BCUT2D eigenvalue weighted by Crippen LogP contribution is -2.14. The van der Waals surface area contributed by atoms with E-state index in [2.05, 4.69) is 15.1 Å². The van der Waals surface area contributed by atoms with Gasteiger partial charge in [-0.3, -0.25) is 4.79 Å². The van der Waals surface area contributed by atoms with Crippen LogP contribution in [0.4, 0.5) is 0 Å². The minimum Gasteiger partial charge on any atom is -0.361 e. The zero-order valence-corrected chi connectivity index (χ0v) is 9.71. The Kier molecular flexibility index (Phi) is 2.38. The topological polar surface area (TPSA) is 71.8 Å². The van der Waals surface area contributed by atoms with Crippen LogP contribution in [0.5, 0.6) is 0 Å². The third kappa shape index (κ3) is 1.54. The van der Waals surface area contributed by atoms with Crippen LogP contribution in [0.3, 0.4) is 0 Å². The van der Waals surface area contributed by atoms with Crippen LogP contribution in [0.15, 0.2) is 9.32 Å². The minimum absolute atomic E-state index is 0.123. The molecule has 0 aliphatic heterocycles. The number of rotatable bonds is 1. The molecule has 1 N–H and O–H groups in total. The van der Waals surface area contributed by atoms with Crippen molar-refractivity contribution in [3.8, 4) is 11.4 Å². The average molecular weight is 219 g/mol. The molecule has 2 aromatic rings. The average Bonchev–Trinajstić information content (AvgIpc) is 2.54. The molecule has 0 aromatic carbocycles. The van der Waals surface area contributed by atoms with Gasteiger partial charge in [0.2, 0.25) is 0 Å². The molecule has 0 aliphatic rings. The Morgan fingerprint density at radius 1 is 1.12 bits per heavy atom. The summed E-state index contributed by atoms with van der Waals surface area (Å²) in [7, 11) is 0. The second-order valence-electron chi connectivity index (χ2n) is 3.82. The molecule has 0 spiro atoms. The molecule has 2 rings (SSSR count). The first-order chi connectivity index (χ1) is 7.50. The van der Waals surface area contributed by atoms with E-state index in [9.17, 15) is 4.79 Å². The molecular formula is C11H13N3O2. The van der Waals surface area contributed by atoms with Gasteiger partial charge in [-0.1, -0.05) is 5.16 Å². The standard InChI is InChI=1S/C11H13N3O2/c1-5-6(2)12-10(13-11(5)15)9-7(3)14-16-8(9)4/h1-4H3,(H,12,13,15). The summed E-state index contributed by atoms with van der Waals surface area (Å²) in [6.45, 7) is 7.18. The zero-order valence-electron chi connectivity index (χ0n) is 9.71. The van der Waals surface area contributed by atoms with Gasteiger partial charge in [0, 0.05) is 11.3 Å². The fourth-order valence-electron chi connectivity index (χ4n) is 1.58. The van der Waals surface area contributed by atoms with Crippen molar-refractivity contribution in [2.75, 3.05) is 0 Å². The number of hydrogen-bond acceptors (Lipinski definition) is 4. The summed E-state index contributed by atoms with van der Waals surface area (Å²) in [5, 5.41) is 3.84. The van der Waals surface area contributed by atoms with E-state index in [0.717, 1.165) is 17.0 Å². The van der Waals surface area contributed by atoms with Crippen LogP contribution in [0.25, 0.3) is 11.4 Å². The minimum atomic E-state index is -0.123. The van der Waals surface area contributed by atoms with E-state index in [0.29, 0.717) is 17.1 Å². The normalized spacial score (nSPS) is 10.8. The van der Waals surface area contributed by atoms with Gasteiger partial charge in [0.05, 0.1) is 11.3 Å². The zero-order chi connectivity index (χ0) is 11.9. The van der Waals surface area contributed by atoms with Gasteiger partial charge in [-0.2, -0.15) is 0 Å². The third-order valence-electron chi connectivity index (χ3n) is 2.66. The first kappa shape index (κ1) is 10.6. The summed E-state index contributed by atoms with van der Waals surface area (Å²) in [6.07, 6.45) is 0. The Hall–Kier alpha value is -1.91. The van der Waals surface area contributed by atoms with Crippen molar-refractivity contribution in [1.29, 1.82) is 0 Å². The number of nitrogens with one attached hydrogen (secondary N) is 1. The predicted molar refractivity (Wildman–Crippen MR) is 59.3 cm³/mol. The van der Waals surface area contributed by atoms with Gasteiger partial charge in [-0.15, -0.1) is 0 Å². The third-order valence-corrected chi connectivity index (χ3v) is 2.66. The van der Waals surface area contributed by atoms with E-state index in [-0.39, 0.29) is 5.56 Å². The van der Waals surface area contributed by atoms with Crippen LogP contribution >= 0.6 is 0 Å². The first-order valence-corrected chi connectivity index (χ1v) is 5.01. The molecule has 0 fully saturated rings. The lowest BCUT2D eigenvalue weighted by atomic mass is 10.2. The van der Waals surface area contributed by atoms with Gasteiger partial charge in [0.25, 0.3) is 5.56 Å². The van der Waals surface area contributed by atoms with E-state index in [1.165, 1.54) is 0 Å². The Bertz CT molecular complexity index is 576. The van der Waals surface area contributed by atoms with Crippen molar-refractivity contribution in [3.05, 3.63) is 33.1 Å². The Labute approximate surface area is 92.5 Å². The van der Waals surface area contributed by atoms with Crippen LogP contribution in [-0.4, -0.2) is 15.1 Å². The Balaban J connectivity index is 2.71. The molecule has 0 radical (unpaired) electrons. The highest BCUT2D eigenvalue weighted by molar-refractivity contribution is 5.60. The molecule has 0 amide bonds. The van der Waals surface area contributed by atoms with Crippen LogP contribution in [0, 0.1) is 27.7 Å². The lowest BCUT2D eigenvalue weighted by Gasteiger charge is -2.03. The molecule has 16 heavy (non-hydrogen) atoms. The quantitative estimate of drug-likeness (QED) is 0.791. The van der Waals surface area contributed by atoms with Crippen molar-refractivity contribution >= 4 is 0 Å². The predicted octanol–water partition coefficient (Wildman–Crippen LogP) is 1.66. The summed E-state index contributed by atoms with van der Waals surface area (Å²) in [6, 6.07) is 0. The van der Waals surface area contributed by atoms with E-state index >= 15 is 0 Å². The maximum absolute atomic E-state index is 11.6. The fraction of sp³-hybridized carbons (Fsp3) is 0.364. The van der Waals surface area contributed by atoms with Crippen LogP contribution in [-0.2, 0) is 0 Å². The molecule has 0 bridgehead atoms. The van der Waals surface area contributed by atoms with Gasteiger partial charge in [-0.25, -0.2) is 4.98 Å². The summed E-state index contributed by atoms with van der Waals surface area (Å²) in [4.78, 5) is 18.7. The van der Waals surface area contributed by atoms with E-state index in [4.69, 9.17) is 4.52 Å². The first-order valence-electron chi connectivity index (χ1n) is 5.01. The van der Waals surface area contributed by atoms with Crippen molar-refractivity contribution in [2.24, 2.45) is 0 Å². The summed E-state index contributed by atoms with van der Waals surface area (Å²) in [5.74, 6) is 1.17. The lowest BCUT2D eigenvalue weighted by molar-refractivity contribution is 0.393. The van der Waals surface area contributed by atoms with Gasteiger partial charge < -0.3 is 9.51 Å². The molecule has 2 heterocycles. The van der Waals surface area contributed by atoms with Crippen LogP contribution in [0.1, 0.15) is 22.7 Å². The second-order valence-corrected chi connectivity index (χ2v) is 3.82. The smallest absolute Gasteiger partial charge is 0.254 e. The van der Waals surface area contributed by atoms with Crippen LogP contribution < -0.4 is 5.56 Å². The molecule has 0 saturated carbocycles. The molecule has 0 aliphatic carbocycles. The molecule has 0 saturated heterocycles. The monoisotopic (exact) mass is 219 g/mol. The van der Waals surface area contributed by atoms with E-state index in [1.807, 2.05) is 13.8 Å². The number of H-pyrrole nitrogens is 1. The van der Waals surface area contributed by atoms with Gasteiger partial charge in [0.15, 0.2) is 0 Å². The second kappa shape index (κ2) is 3.59. The molecular weight excluding hydrogens is 206 g/mol. The van der Waals surface area contributed by atoms with Crippen molar-refractivity contribution < 1.29 is 4.52 Å². The van der Waals surface area contributed by atoms with Gasteiger partial charge >= 0.3 is 0 Å². The largest absolute Gasteiger partial charge is 0.361 e. The Morgan fingerprint density at radius 3 is 2.31 bits per heavy atom. The van der Waals surface area contributed by atoms with Crippen molar-refractivity contribution in [1.82, 2.24) is 15.1 Å². The summed E-state index contributed by atoms with van der Waals surface area (Å²) >= 11 is 0. The summed E-state index contributed by atoms with van der Waals surface area (Å²) in [5.41, 5.74) is 2.72. The molecule has 5 nitrogen and oxygen atoms in total. The number of aromatic nitrogens is 3. The number of nitrogens with zero attached hydrogens (tertiary/aromatic N) is 2. The maximum atomic E-state index is 11.6. The SMILES string of the molecule is Cc1noc(C)c1-c1nc(C)c(C)c(=O)[nH]1. The molecule has 5 heteroatoms. The van der Waals surface area contributed by atoms with E-state index in [1.54, 1.807) is 13.8 Å². The van der Waals surface area contributed by atoms with E-state index < -0.39 is 0 Å². The summed E-state index contributed by atoms with van der Waals surface area (Å²) < 4.78 is 5.05. The number of aromatic amines is 1. The maximum Gasteiger partial charge on any atom is 0.254 e. The number of hydrogen-bond donors (Lipinski definition) is 1. The van der Waals surface area contributed by atoms with Gasteiger partial charge in [0.1, 0.15) is 11.6 Å². The molecule has 2 aromatic heterocycles. The highest BCUT2D eigenvalue weighted by atomic mass is 16.5.